The number of benzene rings is 3. The van der Waals surface area contributed by atoms with Gasteiger partial charge in [-0.25, -0.2) is 8.78 Å². The second-order valence-corrected chi connectivity index (χ2v) is 6.41. The van der Waals surface area contributed by atoms with Crippen LogP contribution in [0.25, 0.3) is 0 Å². The van der Waals surface area contributed by atoms with Crippen molar-refractivity contribution >= 4 is 11.6 Å². The van der Waals surface area contributed by atoms with Crippen molar-refractivity contribution in [3.63, 3.8) is 0 Å². The molecule has 0 bridgehead atoms. The molecule has 0 heterocycles. The van der Waals surface area contributed by atoms with Gasteiger partial charge >= 0.3 is 12.4 Å². The van der Waals surface area contributed by atoms with E-state index in [9.17, 15) is 39.9 Å². The zero-order valence-corrected chi connectivity index (χ0v) is 15.6. The maximum Gasteiger partial charge on any atom is 0.416 e. The van der Waals surface area contributed by atoms with Crippen LogP contribution < -0.4 is 10.1 Å². The lowest BCUT2D eigenvalue weighted by atomic mass is 10.1. The summed E-state index contributed by atoms with van der Waals surface area (Å²) in [5.74, 6) is -4.32. The highest BCUT2D eigenvalue weighted by molar-refractivity contribution is 6.06. The number of alkyl halides is 6. The summed E-state index contributed by atoms with van der Waals surface area (Å²) in [4.78, 5) is 12.6. The molecule has 11 heteroatoms. The van der Waals surface area contributed by atoms with E-state index in [4.69, 9.17) is 4.74 Å². The van der Waals surface area contributed by atoms with Crippen LogP contribution in [0, 0.1) is 11.6 Å². The van der Waals surface area contributed by atoms with Crippen LogP contribution in [0.3, 0.4) is 0 Å². The van der Waals surface area contributed by atoms with Crippen LogP contribution in [0.1, 0.15) is 21.5 Å². The molecular formula is C21H11F8NO2. The van der Waals surface area contributed by atoms with Gasteiger partial charge in [-0.2, -0.15) is 26.3 Å². The summed E-state index contributed by atoms with van der Waals surface area (Å²) in [6.07, 6.45) is -9.56. The van der Waals surface area contributed by atoms with Gasteiger partial charge in [0, 0.05) is 6.07 Å². The van der Waals surface area contributed by atoms with Crippen molar-refractivity contribution < 1.29 is 44.7 Å². The monoisotopic (exact) mass is 461 g/mol. The fourth-order valence-electron chi connectivity index (χ4n) is 2.62. The van der Waals surface area contributed by atoms with Crippen LogP contribution in [0.15, 0.2) is 60.7 Å². The van der Waals surface area contributed by atoms with Gasteiger partial charge < -0.3 is 10.1 Å². The Morgan fingerprint density at radius 2 is 1.44 bits per heavy atom. The standard InChI is InChI=1S/C21H11F8NO2/c22-13-5-6-17(16(23)10-13)30-19(31)15-9-12(21(27,28)29)4-7-18(15)32-14-3-1-2-11(8-14)20(24,25)26/h1-10H,(H,30,31). The lowest BCUT2D eigenvalue weighted by Crippen LogP contribution is -2.16. The van der Waals surface area contributed by atoms with Crippen molar-refractivity contribution in [2.75, 3.05) is 5.32 Å². The fourth-order valence-corrected chi connectivity index (χ4v) is 2.62. The third-order valence-corrected chi connectivity index (χ3v) is 4.12. The number of amides is 1. The van der Waals surface area contributed by atoms with Crippen LogP contribution in [-0.2, 0) is 12.4 Å². The lowest BCUT2D eigenvalue weighted by Gasteiger charge is -2.15. The maximum atomic E-state index is 13.8. The fraction of sp³-hybridized carbons (Fsp3) is 0.0952. The van der Waals surface area contributed by atoms with Gasteiger partial charge in [0.1, 0.15) is 23.1 Å². The quantitative estimate of drug-likeness (QED) is 0.423. The molecule has 0 aromatic heterocycles. The summed E-state index contributed by atoms with van der Waals surface area (Å²) in [6.45, 7) is 0. The molecule has 0 aliphatic heterocycles. The molecule has 3 rings (SSSR count). The molecule has 0 aliphatic carbocycles. The summed E-state index contributed by atoms with van der Waals surface area (Å²) >= 11 is 0. The molecule has 1 amide bonds. The van der Waals surface area contributed by atoms with Crippen LogP contribution in [0.5, 0.6) is 11.5 Å². The number of nitrogens with one attached hydrogen (secondary N) is 1. The summed E-state index contributed by atoms with van der Waals surface area (Å²) in [6, 6.07) is 7.29. The zero-order valence-electron chi connectivity index (χ0n) is 15.6. The molecule has 0 fully saturated rings. The SMILES string of the molecule is O=C(Nc1ccc(F)cc1F)c1cc(C(F)(F)F)ccc1Oc1cccc(C(F)(F)F)c1. The summed E-state index contributed by atoms with van der Waals surface area (Å²) in [5, 5.41) is 1.99. The second kappa shape index (κ2) is 8.48. The second-order valence-electron chi connectivity index (χ2n) is 6.41. The van der Waals surface area contributed by atoms with Gasteiger partial charge in [0.2, 0.25) is 0 Å². The molecule has 32 heavy (non-hydrogen) atoms. The van der Waals surface area contributed by atoms with E-state index < -0.39 is 63.8 Å². The number of carbonyl (C=O) groups is 1. The predicted molar refractivity (Wildman–Crippen MR) is 97.3 cm³/mol. The van der Waals surface area contributed by atoms with Crippen LogP contribution in [-0.4, -0.2) is 5.91 Å². The smallest absolute Gasteiger partial charge is 0.416 e. The Balaban J connectivity index is 2.00. The molecular weight excluding hydrogens is 450 g/mol. The zero-order chi connectivity index (χ0) is 23.7. The van der Waals surface area contributed by atoms with E-state index in [2.05, 4.69) is 0 Å². The number of carbonyl (C=O) groups excluding carboxylic acids is 1. The van der Waals surface area contributed by atoms with Gasteiger partial charge in [-0.1, -0.05) is 6.07 Å². The van der Waals surface area contributed by atoms with Gasteiger partial charge in [-0.05, 0) is 48.5 Å². The van der Waals surface area contributed by atoms with Crippen LogP contribution >= 0.6 is 0 Å². The topological polar surface area (TPSA) is 38.3 Å². The van der Waals surface area contributed by atoms with Gasteiger partial charge in [0.15, 0.2) is 0 Å². The Bertz CT molecular complexity index is 1160. The highest BCUT2D eigenvalue weighted by atomic mass is 19.4. The van der Waals surface area contributed by atoms with Crippen molar-refractivity contribution in [3.8, 4) is 11.5 Å². The number of anilines is 1. The number of hydrogen-bond donors (Lipinski definition) is 1. The van der Waals surface area contributed by atoms with Crippen molar-refractivity contribution in [2.24, 2.45) is 0 Å². The van der Waals surface area contributed by atoms with E-state index in [1.54, 1.807) is 0 Å². The summed E-state index contributed by atoms with van der Waals surface area (Å²) in [7, 11) is 0. The molecule has 1 N–H and O–H groups in total. The first-order valence-corrected chi connectivity index (χ1v) is 8.67. The lowest BCUT2D eigenvalue weighted by molar-refractivity contribution is -0.138. The number of halogens is 8. The largest absolute Gasteiger partial charge is 0.457 e. The Labute approximate surface area is 175 Å². The molecule has 0 spiro atoms. The minimum absolute atomic E-state index is 0.401. The van der Waals surface area contributed by atoms with E-state index in [1.165, 1.54) is 0 Å². The van der Waals surface area contributed by atoms with Crippen LogP contribution in [0.2, 0.25) is 0 Å². The molecule has 0 atom stereocenters. The van der Waals surface area contributed by atoms with E-state index in [0.29, 0.717) is 24.3 Å². The molecule has 3 nitrogen and oxygen atoms in total. The third-order valence-electron chi connectivity index (χ3n) is 4.12. The molecule has 0 unspecified atom stereocenters. The molecule has 168 valence electrons. The first-order chi connectivity index (χ1) is 14.8. The first kappa shape index (κ1) is 23.0. The predicted octanol–water partition coefficient (Wildman–Crippen LogP) is 7.05. The van der Waals surface area contributed by atoms with Crippen molar-refractivity contribution in [2.45, 2.75) is 12.4 Å². The van der Waals surface area contributed by atoms with E-state index >= 15 is 0 Å². The van der Waals surface area contributed by atoms with Gasteiger partial charge in [0.05, 0.1) is 22.4 Å². The average molecular weight is 461 g/mol. The normalized spacial score (nSPS) is 11.9. The van der Waals surface area contributed by atoms with E-state index in [0.717, 1.165) is 36.4 Å². The summed E-state index contributed by atoms with van der Waals surface area (Å²) in [5.41, 5.74) is -3.60. The van der Waals surface area contributed by atoms with Crippen molar-refractivity contribution in [1.82, 2.24) is 0 Å². The van der Waals surface area contributed by atoms with Crippen molar-refractivity contribution in [3.05, 3.63) is 89.0 Å². The minimum atomic E-state index is -4.86. The first-order valence-electron chi connectivity index (χ1n) is 8.67. The minimum Gasteiger partial charge on any atom is -0.457 e. The highest BCUT2D eigenvalue weighted by Gasteiger charge is 2.33. The van der Waals surface area contributed by atoms with Crippen molar-refractivity contribution in [1.29, 1.82) is 0 Å². The molecule has 0 saturated carbocycles. The van der Waals surface area contributed by atoms with Gasteiger partial charge in [0.25, 0.3) is 5.91 Å². The maximum absolute atomic E-state index is 13.8. The van der Waals surface area contributed by atoms with Crippen LogP contribution in [0.4, 0.5) is 40.8 Å². The number of hydrogen-bond acceptors (Lipinski definition) is 2. The van der Waals surface area contributed by atoms with Gasteiger partial charge in [-0.15, -0.1) is 0 Å². The number of rotatable bonds is 4. The average Bonchev–Trinajstić information content (AvgIpc) is 2.69. The Morgan fingerprint density at radius 3 is 2.06 bits per heavy atom. The molecule has 0 radical (unpaired) electrons. The Hall–Kier alpha value is -3.63. The molecule has 3 aromatic rings. The van der Waals surface area contributed by atoms with Gasteiger partial charge in [-0.3, -0.25) is 4.79 Å². The Kier molecular flexibility index (Phi) is 6.11. The van der Waals surface area contributed by atoms with E-state index in [1.807, 2.05) is 5.32 Å². The Morgan fingerprint density at radius 1 is 0.781 bits per heavy atom. The molecule has 3 aromatic carbocycles. The molecule has 0 saturated heterocycles. The molecule has 0 aliphatic rings. The van der Waals surface area contributed by atoms with E-state index in [-0.39, 0.29) is 0 Å². The number of ether oxygens (including phenoxy) is 1. The summed E-state index contributed by atoms with van der Waals surface area (Å²) < 4.78 is 110. The highest BCUT2D eigenvalue weighted by Crippen LogP contribution is 2.36. The third kappa shape index (κ3) is 5.34.